The molecule has 10 heavy (non-hydrogen) atoms. The molecular formula is C8H10BrTi. The summed E-state index contributed by atoms with van der Waals surface area (Å²) in [6.07, 6.45) is 9.35. The Bertz CT molecular complexity index is 147. The van der Waals surface area contributed by atoms with Gasteiger partial charge >= 0.3 is 49.0 Å². The van der Waals surface area contributed by atoms with Crippen molar-refractivity contribution in [1.29, 1.82) is 0 Å². The molecule has 0 aromatic rings. The number of hydrogen-bond donors (Lipinski definition) is 0. The fourth-order valence-corrected chi connectivity index (χ4v) is 0.782. The number of rotatable bonds is 1. The van der Waals surface area contributed by atoms with Gasteiger partial charge in [-0.3, -0.25) is 0 Å². The molecule has 0 nitrogen and oxygen atoms in total. The fourth-order valence-electron chi connectivity index (χ4n) is 0.447. The monoisotopic (exact) mass is 233 g/mol. The predicted octanol–water partition coefficient (Wildman–Crippen LogP) is 2.94. The standard InChI is InChI=1S/C5H5.C3H5Br.Ti/c1-2-4-5-3-1;1-2-3-4;/h1-3H,4H2;2H,1,3H2;. The zero-order valence-electron chi connectivity index (χ0n) is 5.81. The van der Waals surface area contributed by atoms with Crippen molar-refractivity contribution < 1.29 is 20.4 Å². The van der Waals surface area contributed by atoms with Crippen LogP contribution in [-0.2, 0) is 20.4 Å². The topological polar surface area (TPSA) is 0 Å². The Morgan fingerprint density at radius 1 is 1.80 bits per heavy atom. The van der Waals surface area contributed by atoms with E-state index in [0.29, 0.717) is 0 Å². The van der Waals surface area contributed by atoms with Crippen LogP contribution in [0.3, 0.4) is 0 Å². The van der Waals surface area contributed by atoms with Crippen LogP contribution in [0.2, 0.25) is 0 Å². The Labute approximate surface area is 82.6 Å². The fraction of sp³-hybridized carbons (Fsp3) is 0.250. The van der Waals surface area contributed by atoms with Gasteiger partial charge in [-0.15, -0.1) is 6.58 Å². The van der Waals surface area contributed by atoms with Crippen molar-refractivity contribution in [3.05, 3.63) is 34.8 Å². The van der Waals surface area contributed by atoms with Gasteiger partial charge < -0.3 is 0 Å². The predicted molar refractivity (Wildman–Crippen MR) is 45.8 cm³/mol. The molecule has 0 spiro atoms. The number of allylic oxidation sites excluding steroid dienone is 5. The molecule has 0 aliphatic heterocycles. The average Bonchev–Trinajstić information content (AvgIpc) is 2.40. The molecule has 0 N–H and O–H groups in total. The van der Waals surface area contributed by atoms with Crippen LogP contribution in [0, 0.1) is 0 Å². The van der Waals surface area contributed by atoms with Crippen molar-refractivity contribution in [3.8, 4) is 0 Å². The first-order valence-electron chi connectivity index (χ1n) is 3.05. The Balaban J connectivity index is 0.000000180. The molecule has 0 aromatic carbocycles. The SMILES string of the molecule is C=CCBr.[Ti][C]1=CC=CC1. The van der Waals surface area contributed by atoms with Crippen molar-refractivity contribution >= 4 is 15.9 Å². The van der Waals surface area contributed by atoms with Crippen LogP contribution in [0.5, 0.6) is 0 Å². The van der Waals surface area contributed by atoms with Crippen LogP contribution in [0.25, 0.3) is 0 Å². The molecule has 0 bridgehead atoms. The Kier molecular flexibility index (Phi) is 7.83. The van der Waals surface area contributed by atoms with Gasteiger partial charge in [-0.2, -0.15) is 0 Å². The molecule has 0 saturated heterocycles. The second-order valence-electron chi connectivity index (χ2n) is 1.77. The Hall–Kier alpha value is 0.414. The average molecular weight is 234 g/mol. The molecule has 0 atom stereocenters. The summed E-state index contributed by atoms with van der Waals surface area (Å²) in [5.74, 6) is 0. The van der Waals surface area contributed by atoms with E-state index >= 15 is 0 Å². The van der Waals surface area contributed by atoms with E-state index in [4.69, 9.17) is 0 Å². The maximum absolute atomic E-state index is 3.43. The van der Waals surface area contributed by atoms with E-state index in [9.17, 15) is 0 Å². The van der Waals surface area contributed by atoms with Gasteiger partial charge in [0.1, 0.15) is 0 Å². The normalized spacial score (nSPS) is 13.4. The summed E-state index contributed by atoms with van der Waals surface area (Å²) in [4.78, 5) is 0. The summed E-state index contributed by atoms with van der Waals surface area (Å²) in [5.41, 5.74) is 0. The third-order valence-corrected chi connectivity index (χ3v) is 1.92. The molecule has 0 unspecified atom stereocenters. The molecule has 0 amide bonds. The van der Waals surface area contributed by atoms with Crippen molar-refractivity contribution in [1.82, 2.24) is 0 Å². The molecule has 2 heteroatoms. The minimum atomic E-state index is 0.896. The molecule has 0 radical (unpaired) electrons. The summed E-state index contributed by atoms with van der Waals surface area (Å²) in [7, 11) is 0. The minimum absolute atomic E-state index is 0.896. The van der Waals surface area contributed by atoms with Crippen molar-refractivity contribution in [2.75, 3.05) is 5.33 Å². The molecule has 0 fully saturated rings. The molecule has 0 aromatic heterocycles. The number of hydrogen-bond acceptors (Lipinski definition) is 0. The van der Waals surface area contributed by atoms with Crippen LogP contribution < -0.4 is 0 Å². The van der Waals surface area contributed by atoms with Gasteiger partial charge in [0.05, 0.1) is 0 Å². The van der Waals surface area contributed by atoms with Gasteiger partial charge in [0, 0.05) is 5.33 Å². The van der Waals surface area contributed by atoms with Crippen LogP contribution in [0.1, 0.15) is 6.42 Å². The summed E-state index contributed by atoms with van der Waals surface area (Å²) in [6, 6.07) is 0. The van der Waals surface area contributed by atoms with E-state index < -0.39 is 0 Å². The molecular weight excluding hydrogens is 224 g/mol. The van der Waals surface area contributed by atoms with Crippen molar-refractivity contribution in [3.63, 3.8) is 0 Å². The Morgan fingerprint density at radius 2 is 2.40 bits per heavy atom. The van der Waals surface area contributed by atoms with E-state index in [1.54, 1.807) is 6.08 Å². The first-order chi connectivity index (χ1) is 4.81. The summed E-state index contributed by atoms with van der Waals surface area (Å²) in [5, 5.41) is 0.896. The van der Waals surface area contributed by atoms with Crippen LogP contribution in [0.15, 0.2) is 34.8 Å². The van der Waals surface area contributed by atoms with Crippen LogP contribution in [0.4, 0.5) is 0 Å². The second kappa shape index (κ2) is 7.52. The van der Waals surface area contributed by atoms with Gasteiger partial charge in [0.25, 0.3) is 0 Å². The third-order valence-electron chi connectivity index (χ3n) is 0.880. The van der Waals surface area contributed by atoms with E-state index in [1.165, 1.54) is 10.3 Å². The molecule has 1 aliphatic rings. The van der Waals surface area contributed by atoms with Gasteiger partial charge in [-0.25, -0.2) is 0 Å². The maximum atomic E-state index is 3.43. The van der Waals surface area contributed by atoms with Crippen molar-refractivity contribution in [2.45, 2.75) is 6.42 Å². The van der Waals surface area contributed by atoms with Gasteiger partial charge in [-0.1, -0.05) is 22.0 Å². The zero-order chi connectivity index (χ0) is 7.82. The van der Waals surface area contributed by atoms with Crippen LogP contribution in [-0.4, -0.2) is 5.33 Å². The Morgan fingerprint density at radius 3 is 2.50 bits per heavy atom. The summed E-state index contributed by atoms with van der Waals surface area (Å²) < 4.78 is 1.47. The van der Waals surface area contributed by atoms with Gasteiger partial charge in [0.2, 0.25) is 0 Å². The molecule has 53 valence electrons. The number of alkyl halides is 1. The van der Waals surface area contributed by atoms with E-state index in [2.05, 4.69) is 61.2 Å². The first-order valence-corrected chi connectivity index (χ1v) is 4.95. The van der Waals surface area contributed by atoms with E-state index in [-0.39, 0.29) is 0 Å². The first kappa shape index (κ1) is 10.4. The number of halogens is 1. The third kappa shape index (κ3) is 6.53. The molecule has 0 heterocycles. The van der Waals surface area contributed by atoms with Gasteiger partial charge in [-0.05, 0) is 0 Å². The van der Waals surface area contributed by atoms with E-state index in [1.807, 2.05) is 0 Å². The molecule has 1 rings (SSSR count). The molecule has 1 aliphatic carbocycles. The summed E-state index contributed by atoms with van der Waals surface area (Å²) in [6.45, 7) is 3.43. The summed E-state index contributed by atoms with van der Waals surface area (Å²) >= 11 is 5.27. The van der Waals surface area contributed by atoms with E-state index in [0.717, 1.165) is 5.33 Å². The van der Waals surface area contributed by atoms with Gasteiger partial charge in [0.15, 0.2) is 0 Å². The second-order valence-corrected chi connectivity index (χ2v) is 3.42. The van der Waals surface area contributed by atoms with Crippen molar-refractivity contribution in [2.24, 2.45) is 0 Å². The van der Waals surface area contributed by atoms with Crippen LogP contribution >= 0.6 is 15.9 Å². The molecule has 0 saturated carbocycles. The quantitative estimate of drug-likeness (QED) is 0.371. The zero-order valence-corrected chi connectivity index (χ0v) is 8.96.